The number of para-hydroxylation sites is 1. The molecule has 0 radical (unpaired) electrons. The normalized spacial score (nSPS) is 12.5. The van der Waals surface area contributed by atoms with E-state index < -0.39 is 6.17 Å². The zero-order chi connectivity index (χ0) is 17.3. The SMILES string of the molecule is Cc1c(-n2nnnc2SCC(C)F)c(=O)n(-c2ccccc2)n1C. The molecule has 2 aromatic heterocycles. The number of hydrogen-bond donors (Lipinski definition) is 0. The molecule has 7 nitrogen and oxygen atoms in total. The van der Waals surface area contributed by atoms with Crippen LogP contribution in [-0.4, -0.2) is 41.5 Å². The van der Waals surface area contributed by atoms with Gasteiger partial charge in [-0.15, -0.1) is 5.10 Å². The van der Waals surface area contributed by atoms with Crippen LogP contribution in [0.5, 0.6) is 0 Å². The van der Waals surface area contributed by atoms with Crippen LogP contribution in [0.25, 0.3) is 11.4 Å². The average Bonchev–Trinajstić information content (AvgIpc) is 3.10. The average molecular weight is 348 g/mol. The summed E-state index contributed by atoms with van der Waals surface area (Å²) >= 11 is 1.18. The first-order chi connectivity index (χ1) is 11.5. The van der Waals surface area contributed by atoms with Crippen LogP contribution in [0.3, 0.4) is 0 Å². The van der Waals surface area contributed by atoms with Crippen molar-refractivity contribution in [2.45, 2.75) is 25.2 Å². The highest BCUT2D eigenvalue weighted by molar-refractivity contribution is 7.99. The molecule has 0 saturated carbocycles. The molecule has 24 heavy (non-hydrogen) atoms. The van der Waals surface area contributed by atoms with E-state index in [1.165, 1.54) is 23.4 Å². The van der Waals surface area contributed by atoms with Gasteiger partial charge in [0.2, 0.25) is 5.16 Å². The van der Waals surface area contributed by atoms with E-state index in [0.717, 1.165) is 5.69 Å². The second-order valence-corrected chi connectivity index (χ2v) is 6.36. The number of tetrazole rings is 1. The third-order valence-electron chi connectivity index (χ3n) is 3.62. The summed E-state index contributed by atoms with van der Waals surface area (Å²) in [7, 11) is 1.80. The minimum atomic E-state index is -0.988. The van der Waals surface area contributed by atoms with Crippen LogP contribution in [0, 0.1) is 6.92 Å². The van der Waals surface area contributed by atoms with E-state index in [1.807, 2.05) is 37.3 Å². The number of hydrogen-bond acceptors (Lipinski definition) is 5. The Hall–Kier alpha value is -2.42. The molecule has 0 amide bonds. The molecule has 0 aliphatic rings. The lowest BCUT2D eigenvalue weighted by Gasteiger charge is -2.07. The zero-order valence-corrected chi connectivity index (χ0v) is 14.4. The fraction of sp³-hybridized carbons (Fsp3) is 0.333. The Balaban J connectivity index is 2.11. The number of aromatic nitrogens is 6. The largest absolute Gasteiger partial charge is 0.297 e. The Labute approximate surface area is 142 Å². The van der Waals surface area contributed by atoms with E-state index in [4.69, 9.17) is 0 Å². The maximum atomic E-state index is 13.1. The topological polar surface area (TPSA) is 70.5 Å². The summed E-state index contributed by atoms with van der Waals surface area (Å²) in [4.78, 5) is 12.9. The Morgan fingerprint density at radius 3 is 2.67 bits per heavy atom. The Bertz CT molecular complexity index is 899. The van der Waals surface area contributed by atoms with Gasteiger partial charge >= 0.3 is 0 Å². The number of nitrogens with zero attached hydrogens (tertiary/aromatic N) is 6. The number of benzene rings is 1. The van der Waals surface area contributed by atoms with E-state index in [1.54, 1.807) is 16.4 Å². The molecular formula is C15H17FN6OS. The van der Waals surface area contributed by atoms with Crippen molar-refractivity contribution in [2.75, 3.05) is 5.75 Å². The molecular weight excluding hydrogens is 331 g/mol. The first kappa shape index (κ1) is 16.4. The van der Waals surface area contributed by atoms with E-state index in [9.17, 15) is 9.18 Å². The first-order valence-electron chi connectivity index (χ1n) is 7.40. The lowest BCUT2D eigenvalue weighted by atomic mass is 10.3. The van der Waals surface area contributed by atoms with Gasteiger partial charge in [0.05, 0.1) is 11.4 Å². The molecule has 0 N–H and O–H groups in total. The van der Waals surface area contributed by atoms with E-state index in [2.05, 4.69) is 15.5 Å². The smallest absolute Gasteiger partial charge is 0.283 e. The molecule has 0 spiro atoms. The van der Waals surface area contributed by atoms with Gasteiger partial charge in [-0.1, -0.05) is 30.0 Å². The highest BCUT2D eigenvalue weighted by atomic mass is 32.2. The summed E-state index contributed by atoms with van der Waals surface area (Å²) in [6.07, 6.45) is -0.988. The number of thioether (sulfide) groups is 1. The summed E-state index contributed by atoms with van der Waals surface area (Å²) < 4.78 is 17.8. The molecule has 2 heterocycles. The summed E-state index contributed by atoms with van der Waals surface area (Å²) in [5.74, 6) is 0.221. The lowest BCUT2D eigenvalue weighted by molar-refractivity contribution is 0.397. The molecule has 1 unspecified atom stereocenters. The predicted molar refractivity (Wildman–Crippen MR) is 89.8 cm³/mol. The molecule has 1 atom stereocenters. The van der Waals surface area contributed by atoms with Crippen molar-refractivity contribution in [3.63, 3.8) is 0 Å². The Kier molecular flexibility index (Phi) is 4.52. The molecule has 0 fully saturated rings. The fourth-order valence-electron chi connectivity index (χ4n) is 2.40. The molecule has 1 aromatic carbocycles. The van der Waals surface area contributed by atoms with Crippen molar-refractivity contribution < 1.29 is 4.39 Å². The number of alkyl halides is 1. The highest BCUT2D eigenvalue weighted by Crippen LogP contribution is 2.20. The minimum Gasteiger partial charge on any atom is -0.283 e. The van der Waals surface area contributed by atoms with Crippen molar-refractivity contribution in [1.29, 1.82) is 0 Å². The summed E-state index contributed by atoms with van der Waals surface area (Å²) in [6, 6.07) is 9.32. The Morgan fingerprint density at radius 2 is 2.00 bits per heavy atom. The van der Waals surface area contributed by atoms with Crippen LogP contribution in [-0.2, 0) is 7.05 Å². The molecule has 0 bridgehead atoms. The predicted octanol–water partition coefficient (Wildman–Crippen LogP) is 1.91. The molecule has 0 aliphatic carbocycles. The van der Waals surface area contributed by atoms with Gasteiger partial charge < -0.3 is 0 Å². The number of rotatable bonds is 5. The lowest BCUT2D eigenvalue weighted by Crippen LogP contribution is -2.22. The maximum Gasteiger partial charge on any atom is 0.297 e. The molecule has 126 valence electrons. The van der Waals surface area contributed by atoms with Crippen LogP contribution in [0.2, 0.25) is 0 Å². The monoisotopic (exact) mass is 348 g/mol. The zero-order valence-electron chi connectivity index (χ0n) is 13.5. The van der Waals surface area contributed by atoms with Crippen molar-refractivity contribution in [1.82, 2.24) is 29.6 Å². The van der Waals surface area contributed by atoms with Crippen LogP contribution >= 0.6 is 11.8 Å². The summed E-state index contributed by atoms with van der Waals surface area (Å²) in [5, 5.41) is 11.8. The maximum absolute atomic E-state index is 13.1. The van der Waals surface area contributed by atoms with Gasteiger partial charge in [-0.25, -0.2) is 9.07 Å². The van der Waals surface area contributed by atoms with Crippen LogP contribution in [0.1, 0.15) is 12.6 Å². The Morgan fingerprint density at radius 1 is 1.29 bits per heavy atom. The standard InChI is InChI=1S/C15H17FN6OS/c1-10(16)9-24-15-17-18-19-21(15)13-11(2)20(3)22(14(13)23)12-7-5-4-6-8-12/h4-8,10H,9H2,1-3H3. The van der Waals surface area contributed by atoms with E-state index in [-0.39, 0.29) is 11.3 Å². The van der Waals surface area contributed by atoms with E-state index >= 15 is 0 Å². The van der Waals surface area contributed by atoms with Gasteiger partial charge in [-0.2, -0.15) is 4.68 Å². The molecule has 0 aliphatic heterocycles. The van der Waals surface area contributed by atoms with Crippen molar-refractivity contribution in [2.24, 2.45) is 7.05 Å². The molecule has 3 rings (SSSR count). The second kappa shape index (κ2) is 6.60. The molecule has 0 saturated heterocycles. The van der Waals surface area contributed by atoms with Crippen LogP contribution in [0.4, 0.5) is 4.39 Å². The van der Waals surface area contributed by atoms with Gasteiger partial charge in [0, 0.05) is 12.8 Å². The quantitative estimate of drug-likeness (QED) is 0.659. The van der Waals surface area contributed by atoms with E-state index in [0.29, 0.717) is 16.5 Å². The summed E-state index contributed by atoms with van der Waals surface area (Å²) in [6.45, 7) is 3.29. The van der Waals surface area contributed by atoms with Gasteiger partial charge in [-0.3, -0.25) is 9.48 Å². The summed E-state index contributed by atoms with van der Waals surface area (Å²) in [5.41, 5.74) is 1.59. The minimum absolute atomic E-state index is 0.221. The van der Waals surface area contributed by atoms with Crippen molar-refractivity contribution >= 4 is 11.8 Å². The van der Waals surface area contributed by atoms with Gasteiger partial charge in [0.1, 0.15) is 6.17 Å². The van der Waals surface area contributed by atoms with Crippen molar-refractivity contribution in [3.8, 4) is 11.4 Å². The fourth-order valence-corrected chi connectivity index (χ4v) is 3.12. The molecule has 9 heteroatoms. The molecule has 3 aromatic rings. The number of halogens is 1. The first-order valence-corrected chi connectivity index (χ1v) is 8.39. The highest BCUT2D eigenvalue weighted by Gasteiger charge is 2.22. The van der Waals surface area contributed by atoms with Gasteiger partial charge in [0.15, 0.2) is 5.69 Å². The third-order valence-corrected chi connectivity index (χ3v) is 4.76. The second-order valence-electron chi connectivity index (χ2n) is 5.38. The van der Waals surface area contributed by atoms with Crippen LogP contribution < -0.4 is 5.56 Å². The van der Waals surface area contributed by atoms with Crippen LogP contribution in [0.15, 0.2) is 40.3 Å². The van der Waals surface area contributed by atoms with Gasteiger partial charge in [-0.05, 0) is 36.4 Å². The van der Waals surface area contributed by atoms with Gasteiger partial charge in [0.25, 0.3) is 5.56 Å². The third kappa shape index (κ3) is 2.86. The van der Waals surface area contributed by atoms with Crippen molar-refractivity contribution in [3.05, 3.63) is 46.4 Å².